The maximum atomic E-state index is 11.1. The molecule has 0 saturated heterocycles. The topological polar surface area (TPSA) is 94.0 Å². The molecule has 0 unspecified atom stereocenters. The van der Waals surface area contributed by atoms with Crippen molar-refractivity contribution in [2.75, 3.05) is 11.1 Å². The Morgan fingerprint density at radius 1 is 1.32 bits per heavy atom. The van der Waals surface area contributed by atoms with Crippen LogP contribution in [0.4, 0.5) is 17.2 Å². The molecule has 0 bridgehead atoms. The van der Waals surface area contributed by atoms with E-state index in [-0.39, 0.29) is 5.69 Å². The van der Waals surface area contributed by atoms with Crippen molar-refractivity contribution in [3.63, 3.8) is 0 Å². The van der Waals surface area contributed by atoms with Crippen LogP contribution in [0, 0.1) is 0 Å². The summed E-state index contributed by atoms with van der Waals surface area (Å²) in [7, 11) is 0. The first-order valence-corrected chi connectivity index (χ1v) is 6.43. The Morgan fingerprint density at radius 3 is 2.68 bits per heavy atom. The molecule has 2 aromatic rings. The lowest BCUT2D eigenvalue weighted by atomic mass is 10.3. The Labute approximate surface area is 123 Å². The molecular weight excluding hydrogens is 332 g/mol. The van der Waals surface area contributed by atoms with Gasteiger partial charge in [-0.15, -0.1) is 0 Å². The fraction of sp³-hybridized carbons (Fsp3) is 0. The number of nitrogens with one attached hydrogen (secondary N) is 1. The van der Waals surface area contributed by atoms with Gasteiger partial charge in [-0.05, 0) is 30.3 Å². The molecule has 0 fully saturated rings. The summed E-state index contributed by atoms with van der Waals surface area (Å²) in [4.78, 5) is 15.1. The Morgan fingerprint density at radius 2 is 2.05 bits per heavy atom. The first-order valence-electron chi connectivity index (χ1n) is 5.26. The van der Waals surface area contributed by atoms with E-state index in [2.05, 4.69) is 26.2 Å². The molecular formula is C12H10BrClN4O. The average Bonchev–Trinajstić information content (AvgIpc) is 2.34. The molecule has 0 radical (unpaired) electrons. The lowest BCUT2D eigenvalue weighted by Gasteiger charge is -2.10. The minimum absolute atomic E-state index is 0.130. The molecule has 5 N–H and O–H groups in total. The van der Waals surface area contributed by atoms with Gasteiger partial charge in [-0.25, -0.2) is 4.98 Å². The molecule has 1 aromatic heterocycles. The fourth-order valence-corrected chi connectivity index (χ4v) is 2.15. The molecule has 1 amide bonds. The SMILES string of the molecule is NC(=O)c1ccc(N)c(Nc2ccc(Br)cc2Cl)n1. The number of amides is 1. The molecule has 1 heterocycles. The number of nitrogens with two attached hydrogens (primary N) is 2. The van der Waals surface area contributed by atoms with Gasteiger partial charge in [0.1, 0.15) is 5.69 Å². The Bertz CT molecular complexity index is 648. The number of nitrogens with zero attached hydrogens (tertiary/aromatic N) is 1. The zero-order chi connectivity index (χ0) is 14.0. The fourth-order valence-electron chi connectivity index (χ4n) is 1.43. The number of benzene rings is 1. The smallest absolute Gasteiger partial charge is 0.267 e. The predicted octanol–water partition coefficient (Wildman–Crippen LogP) is 2.92. The summed E-state index contributed by atoms with van der Waals surface area (Å²) < 4.78 is 0.856. The van der Waals surface area contributed by atoms with Gasteiger partial charge in [0, 0.05) is 4.47 Å². The number of hydrogen-bond acceptors (Lipinski definition) is 4. The van der Waals surface area contributed by atoms with Crippen molar-refractivity contribution in [2.45, 2.75) is 0 Å². The van der Waals surface area contributed by atoms with Crippen LogP contribution in [0.15, 0.2) is 34.8 Å². The molecule has 0 aliphatic rings. The Balaban J connectivity index is 2.37. The molecule has 2 rings (SSSR count). The number of halogens is 2. The van der Waals surface area contributed by atoms with Crippen molar-refractivity contribution < 1.29 is 4.79 Å². The van der Waals surface area contributed by atoms with Crippen LogP contribution in [-0.2, 0) is 0 Å². The third kappa shape index (κ3) is 3.15. The van der Waals surface area contributed by atoms with Crippen LogP contribution in [0.25, 0.3) is 0 Å². The zero-order valence-corrected chi connectivity index (χ0v) is 12.0. The van der Waals surface area contributed by atoms with Crippen molar-refractivity contribution in [2.24, 2.45) is 5.73 Å². The molecule has 0 saturated carbocycles. The monoisotopic (exact) mass is 340 g/mol. The number of carbonyl (C=O) groups excluding carboxylic acids is 1. The Kier molecular flexibility index (Phi) is 3.92. The number of aromatic nitrogens is 1. The van der Waals surface area contributed by atoms with E-state index in [1.54, 1.807) is 18.2 Å². The molecule has 5 nitrogen and oxygen atoms in total. The summed E-state index contributed by atoms with van der Waals surface area (Å²) >= 11 is 9.39. The van der Waals surface area contributed by atoms with E-state index in [0.29, 0.717) is 22.2 Å². The highest BCUT2D eigenvalue weighted by molar-refractivity contribution is 9.10. The van der Waals surface area contributed by atoms with Gasteiger partial charge in [-0.3, -0.25) is 4.79 Å². The standard InChI is InChI=1S/C12H10BrClN4O/c13-6-1-3-9(7(14)5-6)17-12-8(15)2-4-10(18-12)11(16)19/h1-5H,15H2,(H2,16,19)(H,17,18). The maximum Gasteiger partial charge on any atom is 0.267 e. The van der Waals surface area contributed by atoms with Crippen molar-refractivity contribution in [1.29, 1.82) is 0 Å². The molecule has 19 heavy (non-hydrogen) atoms. The predicted molar refractivity (Wildman–Crippen MR) is 79.6 cm³/mol. The van der Waals surface area contributed by atoms with Gasteiger partial charge in [-0.1, -0.05) is 27.5 Å². The number of carbonyl (C=O) groups is 1. The molecule has 1 aromatic carbocycles. The summed E-state index contributed by atoms with van der Waals surface area (Å²) in [5.41, 5.74) is 12.1. The second-order valence-corrected chi connectivity index (χ2v) is 5.07. The second-order valence-electron chi connectivity index (χ2n) is 3.75. The first-order chi connectivity index (χ1) is 8.97. The quantitative estimate of drug-likeness (QED) is 0.800. The molecule has 7 heteroatoms. The summed E-state index contributed by atoms with van der Waals surface area (Å²) in [6.45, 7) is 0. The highest BCUT2D eigenvalue weighted by Crippen LogP contribution is 2.29. The summed E-state index contributed by atoms with van der Waals surface area (Å²) in [5.74, 6) is -0.287. The molecule has 0 aliphatic carbocycles. The number of primary amides is 1. The highest BCUT2D eigenvalue weighted by Gasteiger charge is 2.09. The number of nitrogen functional groups attached to an aromatic ring is 1. The second kappa shape index (κ2) is 5.46. The van der Waals surface area contributed by atoms with Crippen LogP contribution in [0.1, 0.15) is 10.5 Å². The highest BCUT2D eigenvalue weighted by atomic mass is 79.9. The lowest BCUT2D eigenvalue weighted by Crippen LogP contribution is -2.14. The molecule has 98 valence electrons. The van der Waals surface area contributed by atoms with E-state index < -0.39 is 5.91 Å². The third-order valence-corrected chi connectivity index (χ3v) is 3.17. The lowest BCUT2D eigenvalue weighted by molar-refractivity contribution is 0.0996. The van der Waals surface area contributed by atoms with Crippen molar-refractivity contribution in [3.05, 3.63) is 45.5 Å². The maximum absolute atomic E-state index is 11.1. The van der Waals surface area contributed by atoms with E-state index >= 15 is 0 Å². The van der Waals surface area contributed by atoms with E-state index in [1.807, 2.05) is 6.07 Å². The van der Waals surface area contributed by atoms with E-state index in [1.165, 1.54) is 6.07 Å². The number of anilines is 3. The van der Waals surface area contributed by atoms with E-state index in [4.69, 9.17) is 23.1 Å². The van der Waals surface area contributed by atoms with E-state index in [9.17, 15) is 4.79 Å². The van der Waals surface area contributed by atoms with Crippen LogP contribution in [0.5, 0.6) is 0 Å². The van der Waals surface area contributed by atoms with Gasteiger partial charge in [-0.2, -0.15) is 0 Å². The van der Waals surface area contributed by atoms with Crippen LogP contribution in [-0.4, -0.2) is 10.9 Å². The van der Waals surface area contributed by atoms with Gasteiger partial charge in [0.05, 0.1) is 16.4 Å². The normalized spacial score (nSPS) is 10.2. The number of hydrogen-bond donors (Lipinski definition) is 3. The number of rotatable bonds is 3. The van der Waals surface area contributed by atoms with Gasteiger partial charge in [0.2, 0.25) is 0 Å². The van der Waals surface area contributed by atoms with Crippen molar-refractivity contribution in [1.82, 2.24) is 4.98 Å². The molecule has 0 spiro atoms. The van der Waals surface area contributed by atoms with Crippen molar-refractivity contribution >= 4 is 50.6 Å². The minimum Gasteiger partial charge on any atom is -0.396 e. The van der Waals surface area contributed by atoms with E-state index in [0.717, 1.165) is 4.47 Å². The summed E-state index contributed by atoms with van der Waals surface area (Å²) in [6, 6.07) is 8.35. The van der Waals surface area contributed by atoms with Gasteiger partial charge in [0.15, 0.2) is 5.82 Å². The van der Waals surface area contributed by atoms with Gasteiger partial charge < -0.3 is 16.8 Å². The average molecular weight is 342 g/mol. The first kappa shape index (κ1) is 13.6. The van der Waals surface area contributed by atoms with Crippen molar-refractivity contribution in [3.8, 4) is 0 Å². The molecule has 0 atom stereocenters. The van der Waals surface area contributed by atoms with Gasteiger partial charge in [0.25, 0.3) is 5.91 Å². The number of pyridine rings is 1. The van der Waals surface area contributed by atoms with Crippen LogP contribution in [0.3, 0.4) is 0 Å². The Hall–Kier alpha value is -1.79. The van der Waals surface area contributed by atoms with Crippen LogP contribution < -0.4 is 16.8 Å². The summed E-state index contributed by atoms with van der Waals surface area (Å²) in [6.07, 6.45) is 0. The van der Waals surface area contributed by atoms with Crippen LogP contribution in [0.2, 0.25) is 5.02 Å². The zero-order valence-electron chi connectivity index (χ0n) is 9.65. The van der Waals surface area contributed by atoms with Gasteiger partial charge >= 0.3 is 0 Å². The molecule has 0 aliphatic heterocycles. The largest absolute Gasteiger partial charge is 0.396 e. The third-order valence-electron chi connectivity index (χ3n) is 2.36. The van der Waals surface area contributed by atoms with Crippen LogP contribution >= 0.6 is 27.5 Å². The minimum atomic E-state index is -0.620. The summed E-state index contributed by atoms with van der Waals surface area (Å²) in [5, 5.41) is 3.47.